The topological polar surface area (TPSA) is 66.5 Å². The van der Waals surface area contributed by atoms with Crippen LogP contribution in [0.4, 0.5) is 4.39 Å². The van der Waals surface area contributed by atoms with Gasteiger partial charge in [0.2, 0.25) is 10.0 Å². The van der Waals surface area contributed by atoms with Crippen LogP contribution in [0.2, 0.25) is 5.02 Å². The number of nitrogens with zero attached hydrogens (tertiary/aromatic N) is 1. The van der Waals surface area contributed by atoms with E-state index in [0.717, 1.165) is 11.3 Å². The van der Waals surface area contributed by atoms with E-state index in [9.17, 15) is 17.6 Å². The summed E-state index contributed by atoms with van der Waals surface area (Å²) < 4.78 is 41.3. The van der Waals surface area contributed by atoms with E-state index < -0.39 is 21.7 Å². The number of benzene rings is 1. The third kappa shape index (κ3) is 4.03. The molecule has 1 saturated heterocycles. The lowest BCUT2D eigenvalue weighted by molar-refractivity contribution is 0.0707. The highest BCUT2D eigenvalue weighted by Crippen LogP contribution is 2.23. The van der Waals surface area contributed by atoms with Crippen LogP contribution >= 0.6 is 22.9 Å². The number of amides is 1. The minimum atomic E-state index is -3.54. The number of sulfonamides is 1. The molecule has 1 N–H and O–H groups in total. The summed E-state index contributed by atoms with van der Waals surface area (Å²) in [5.74, 6) is -1.12. The Morgan fingerprint density at radius 2 is 1.96 bits per heavy atom. The predicted molar refractivity (Wildman–Crippen MR) is 95.0 cm³/mol. The minimum Gasteiger partial charge on any atom is -0.338 e. The number of rotatable bonds is 4. The maximum atomic E-state index is 13.9. The second-order valence-electron chi connectivity index (χ2n) is 5.72. The van der Waals surface area contributed by atoms with E-state index >= 15 is 0 Å². The van der Waals surface area contributed by atoms with Crippen molar-refractivity contribution in [1.29, 1.82) is 0 Å². The monoisotopic (exact) mass is 402 g/mol. The van der Waals surface area contributed by atoms with Crippen molar-refractivity contribution in [2.24, 2.45) is 0 Å². The average Bonchev–Trinajstić information content (AvgIpc) is 3.10. The number of halogens is 2. The summed E-state index contributed by atoms with van der Waals surface area (Å²) >= 11 is 7.09. The van der Waals surface area contributed by atoms with Gasteiger partial charge in [-0.2, -0.15) is 0 Å². The van der Waals surface area contributed by atoms with Crippen LogP contribution in [0, 0.1) is 5.82 Å². The SMILES string of the molecule is O=C(c1c(F)cccc1Cl)N1CCC(NS(=O)(=O)c2cccs2)CC1. The molecule has 0 unspecified atom stereocenters. The van der Waals surface area contributed by atoms with E-state index in [0.29, 0.717) is 25.9 Å². The van der Waals surface area contributed by atoms with Crippen molar-refractivity contribution < 1.29 is 17.6 Å². The molecule has 0 aliphatic carbocycles. The molecule has 2 aromatic rings. The molecule has 1 aliphatic rings. The summed E-state index contributed by atoms with van der Waals surface area (Å²) in [6, 6.07) is 7.08. The lowest BCUT2D eigenvalue weighted by atomic mass is 10.0. The first-order chi connectivity index (χ1) is 11.9. The summed E-state index contributed by atoms with van der Waals surface area (Å²) in [5, 5.41) is 1.78. The zero-order chi connectivity index (χ0) is 18.0. The number of hydrogen-bond acceptors (Lipinski definition) is 4. The van der Waals surface area contributed by atoms with Gasteiger partial charge in [-0.25, -0.2) is 17.5 Å². The zero-order valence-electron chi connectivity index (χ0n) is 13.1. The molecule has 134 valence electrons. The van der Waals surface area contributed by atoms with Crippen molar-refractivity contribution in [3.63, 3.8) is 0 Å². The van der Waals surface area contributed by atoms with Crippen molar-refractivity contribution in [2.45, 2.75) is 23.1 Å². The number of carbonyl (C=O) groups is 1. The fraction of sp³-hybridized carbons (Fsp3) is 0.312. The molecule has 0 saturated carbocycles. The average molecular weight is 403 g/mol. The number of carbonyl (C=O) groups excluding carboxylic acids is 1. The highest BCUT2D eigenvalue weighted by atomic mass is 35.5. The quantitative estimate of drug-likeness (QED) is 0.854. The van der Waals surface area contributed by atoms with Gasteiger partial charge in [-0.15, -0.1) is 11.3 Å². The molecule has 1 aromatic heterocycles. The van der Waals surface area contributed by atoms with Crippen molar-refractivity contribution in [1.82, 2.24) is 9.62 Å². The molecule has 1 aromatic carbocycles. The Labute approximate surface area is 154 Å². The molecule has 0 radical (unpaired) electrons. The standard InChI is InChI=1S/C16H16ClFN2O3S2/c17-12-3-1-4-13(18)15(12)16(21)20-8-6-11(7-9-20)19-25(22,23)14-5-2-10-24-14/h1-5,10-11,19H,6-9H2. The van der Waals surface area contributed by atoms with Gasteiger partial charge in [-0.05, 0) is 36.4 Å². The summed E-state index contributed by atoms with van der Waals surface area (Å²) in [4.78, 5) is 14.0. The lowest BCUT2D eigenvalue weighted by Gasteiger charge is -2.32. The molecule has 1 fully saturated rings. The molecule has 3 rings (SSSR count). The van der Waals surface area contributed by atoms with Crippen LogP contribution in [-0.4, -0.2) is 38.4 Å². The van der Waals surface area contributed by atoms with Crippen LogP contribution in [-0.2, 0) is 10.0 Å². The first kappa shape index (κ1) is 18.3. The summed E-state index contributed by atoms with van der Waals surface area (Å²) in [5.41, 5.74) is -0.137. The number of nitrogens with one attached hydrogen (secondary N) is 1. The van der Waals surface area contributed by atoms with Gasteiger partial charge < -0.3 is 4.90 Å². The Balaban J connectivity index is 1.63. The minimum absolute atomic E-state index is 0.0746. The number of hydrogen-bond donors (Lipinski definition) is 1. The highest BCUT2D eigenvalue weighted by molar-refractivity contribution is 7.91. The molecule has 9 heteroatoms. The normalized spacial score (nSPS) is 16.2. The van der Waals surface area contributed by atoms with Crippen LogP contribution in [0.3, 0.4) is 0 Å². The highest BCUT2D eigenvalue weighted by Gasteiger charge is 2.29. The third-order valence-corrected chi connectivity index (χ3v) is 7.27. The van der Waals surface area contributed by atoms with Crippen molar-refractivity contribution >= 4 is 38.9 Å². The van der Waals surface area contributed by atoms with E-state index in [2.05, 4.69) is 4.72 Å². The van der Waals surface area contributed by atoms with E-state index in [1.165, 1.54) is 23.1 Å². The van der Waals surface area contributed by atoms with Crippen LogP contribution < -0.4 is 4.72 Å². The fourth-order valence-electron chi connectivity index (χ4n) is 2.75. The number of thiophene rings is 1. The smallest absolute Gasteiger partial charge is 0.258 e. The molecular formula is C16H16ClFN2O3S2. The number of piperidine rings is 1. The van der Waals surface area contributed by atoms with Crippen molar-refractivity contribution in [2.75, 3.05) is 13.1 Å². The van der Waals surface area contributed by atoms with Crippen LogP contribution in [0.1, 0.15) is 23.2 Å². The Morgan fingerprint density at radius 1 is 1.24 bits per heavy atom. The van der Waals surface area contributed by atoms with Crippen molar-refractivity contribution in [3.8, 4) is 0 Å². The van der Waals surface area contributed by atoms with Gasteiger partial charge in [0, 0.05) is 19.1 Å². The molecule has 1 aliphatic heterocycles. The third-order valence-electron chi connectivity index (χ3n) is 4.04. The van der Waals surface area contributed by atoms with Crippen molar-refractivity contribution in [3.05, 3.63) is 52.1 Å². The predicted octanol–water partition coefficient (Wildman–Crippen LogP) is 3.12. The molecule has 5 nitrogen and oxygen atoms in total. The van der Waals surface area contributed by atoms with Gasteiger partial charge in [0.15, 0.2) is 0 Å². The summed E-state index contributed by atoms with van der Waals surface area (Å²) in [7, 11) is -3.54. The lowest BCUT2D eigenvalue weighted by Crippen LogP contribution is -2.46. The molecule has 0 spiro atoms. The molecule has 25 heavy (non-hydrogen) atoms. The van der Waals surface area contributed by atoms with E-state index in [1.54, 1.807) is 17.5 Å². The Bertz CT molecular complexity index is 843. The van der Waals surface area contributed by atoms with Crippen LogP contribution in [0.15, 0.2) is 39.9 Å². The fourth-order valence-corrected chi connectivity index (χ4v) is 5.31. The molecule has 0 atom stereocenters. The molecular weight excluding hydrogens is 387 g/mol. The van der Waals surface area contributed by atoms with Gasteiger partial charge in [0.05, 0.1) is 10.6 Å². The Kier molecular flexibility index (Phi) is 5.43. The van der Waals surface area contributed by atoms with Gasteiger partial charge in [0.25, 0.3) is 5.91 Å². The van der Waals surface area contributed by atoms with Crippen LogP contribution in [0.5, 0.6) is 0 Å². The molecule has 0 bridgehead atoms. The zero-order valence-corrected chi connectivity index (χ0v) is 15.5. The van der Waals surface area contributed by atoms with Gasteiger partial charge >= 0.3 is 0 Å². The summed E-state index contributed by atoms with van der Waals surface area (Å²) in [6.45, 7) is 0.669. The van der Waals surface area contributed by atoms with Gasteiger partial charge in [-0.3, -0.25) is 4.79 Å². The van der Waals surface area contributed by atoms with Gasteiger partial charge in [0.1, 0.15) is 10.0 Å². The van der Waals surface area contributed by atoms with E-state index in [4.69, 9.17) is 11.6 Å². The van der Waals surface area contributed by atoms with Crippen LogP contribution in [0.25, 0.3) is 0 Å². The maximum absolute atomic E-state index is 13.9. The second-order valence-corrected chi connectivity index (χ2v) is 9.01. The number of likely N-dealkylation sites (tertiary alicyclic amines) is 1. The largest absolute Gasteiger partial charge is 0.338 e. The Hall–Kier alpha value is -1.48. The van der Waals surface area contributed by atoms with E-state index in [-0.39, 0.29) is 20.8 Å². The van der Waals surface area contributed by atoms with E-state index in [1.807, 2.05) is 0 Å². The first-order valence-corrected chi connectivity index (χ1v) is 10.4. The molecule has 1 amide bonds. The van der Waals surface area contributed by atoms with Gasteiger partial charge in [-0.1, -0.05) is 23.7 Å². The first-order valence-electron chi connectivity index (χ1n) is 7.67. The second kappa shape index (κ2) is 7.41. The maximum Gasteiger partial charge on any atom is 0.258 e. The summed E-state index contributed by atoms with van der Waals surface area (Å²) in [6.07, 6.45) is 0.921. The molecule has 2 heterocycles. The Morgan fingerprint density at radius 3 is 2.56 bits per heavy atom.